The molecule has 0 aliphatic carbocycles. The largest absolute Gasteiger partial charge is 0.362 e. The molecule has 0 unspecified atom stereocenters. The molecule has 1 atom stereocenters. The smallest absolute Gasteiger partial charge is 0.193 e. The zero-order valence-corrected chi connectivity index (χ0v) is 20.7. The number of hydrogen-bond acceptors (Lipinski definition) is 3. The number of anilines is 1. The molecule has 5 heteroatoms. The average Bonchev–Trinajstić information content (AvgIpc) is 2.76. The molecule has 0 saturated carbocycles. The fourth-order valence-electron chi connectivity index (χ4n) is 4.20. The molecule has 0 aromatic heterocycles. The number of nitrogens with zero attached hydrogens (tertiary/aromatic N) is 1. The lowest BCUT2D eigenvalue weighted by Crippen LogP contribution is -2.37. The van der Waals surface area contributed by atoms with Crippen LogP contribution in [-0.4, -0.2) is 42.0 Å². The minimum absolute atomic E-state index is 0.0174. The van der Waals surface area contributed by atoms with E-state index in [0.717, 1.165) is 31.1 Å². The second-order valence-electron chi connectivity index (χ2n) is 10.0. The third-order valence-electron chi connectivity index (χ3n) is 6.07. The van der Waals surface area contributed by atoms with Crippen LogP contribution in [0.4, 0.5) is 5.69 Å². The highest BCUT2D eigenvalue weighted by molar-refractivity contribution is 7.80. The van der Waals surface area contributed by atoms with E-state index >= 15 is 0 Å². The topological polar surface area (TPSA) is 44.4 Å². The first-order valence-corrected chi connectivity index (χ1v) is 12.2. The van der Waals surface area contributed by atoms with Gasteiger partial charge in [-0.15, -0.1) is 0 Å². The van der Waals surface area contributed by atoms with Gasteiger partial charge in [0.15, 0.2) is 10.9 Å². The van der Waals surface area contributed by atoms with E-state index in [2.05, 4.69) is 43.2 Å². The van der Waals surface area contributed by atoms with Crippen LogP contribution in [0.2, 0.25) is 0 Å². The zero-order chi connectivity index (χ0) is 23.1. The normalized spacial score (nSPS) is 17.1. The number of ketones is 1. The van der Waals surface area contributed by atoms with Gasteiger partial charge in [-0.3, -0.25) is 4.79 Å². The fraction of sp³-hybridized carbons (Fsp3) is 0.481. The van der Waals surface area contributed by atoms with Gasteiger partial charge >= 0.3 is 0 Å². The molecule has 1 heterocycles. The second kappa shape index (κ2) is 11.1. The summed E-state index contributed by atoms with van der Waals surface area (Å²) in [6.45, 7) is 13.2. The van der Waals surface area contributed by atoms with Gasteiger partial charge < -0.3 is 15.5 Å². The Balaban J connectivity index is 1.49. The van der Waals surface area contributed by atoms with Gasteiger partial charge in [-0.05, 0) is 73.6 Å². The molecular formula is C27H37N3OS. The molecule has 3 rings (SSSR count). The van der Waals surface area contributed by atoms with Crippen LogP contribution in [-0.2, 0) is 5.41 Å². The van der Waals surface area contributed by atoms with Crippen molar-refractivity contribution >= 4 is 28.8 Å². The molecule has 2 aromatic carbocycles. The van der Waals surface area contributed by atoms with E-state index in [1.165, 1.54) is 31.5 Å². The molecule has 2 aromatic rings. The fourth-order valence-corrected chi connectivity index (χ4v) is 4.42. The van der Waals surface area contributed by atoms with Crippen molar-refractivity contribution < 1.29 is 4.79 Å². The molecule has 172 valence electrons. The first-order chi connectivity index (χ1) is 15.2. The predicted octanol–water partition coefficient (Wildman–Crippen LogP) is 5.62. The maximum absolute atomic E-state index is 12.9. The first kappa shape index (κ1) is 24.4. The van der Waals surface area contributed by atoms with Crippen LogP contribution in [0.1, 0.15) is 68.4 Å². The van der Waals surface area contributed by atoms with Crippen LogP contribution in [0.15, 0.2) is 48.5 Å². The number of carbonyl (C=O) groups excluding carboxylic acids is 1. The van der Waals surface area contributed by atoms with Crippen LogP contribution in [0, 0.1) is 5.92 Å². The number of nitrogens with one attached hydrogen (secondary N) is 2. The van der Waals surface area contributed by atoms with Crippen molar-refractivity contribution in [2.24, 2.45) is 5.92 Å². The molecule has 1 aliphatic heterocycles. The van der Waals surface area contributed by atoms with Gasteiger partial charge in [0.05, 0.1) is 0 Å². The Morgan fingerprint density at radius 2 is 1.88 bits per heavy atom. The third-order valence-corrected chi connectivity index (χ3v) is 6.32. The van der Waals surface area contributed by atoms with Gasteiger partial charge in [0, 0.05) is 29.9 Å². The molecule has 32 heavy (non-hydrogen) atoms. The SMILES string of the molecule is C[C@@H]1CCCN(CCCNC(=S)Nc2cccc(C(=O)c3ccc(C(C)(C)C)cc3)c2)C1. The molecule has 0 bridgehead atoms. The van der Waals surface area contributed by atoms with Crippen LogP contribution in [0.25, 0.3) is 0 Å². The van der Waals surface area contributed by atoms with Crippen molar-refractivity contribution in [2.45, 2.75) is 52.4 Å². The lowest BCUT2D eigenvalue weighted by Gasteiger charge is -2.30. The zero-order valence-electron chi connectivity index (χ0n) is 19.9. The summed E-state index contributed by atoms with van der Waals surface area (Å²) in [7, 11) is 0. The van der Waals surface area contributed by atoms with Crippen LogP contribution < -0.4 is 10.6 Å². The van der Waals surface area contributed by atoms with E-state index in [0.29, 0.717) is 16.2 Å². The monoisotopic (exact) mass is 451 g/mol. The lowest BCUT2D eigenvalue weighted by atomic mass is 9.86. The molecule has 2 N–H and O–H groups in total. The summed E-state index contributed by atoms with van der Waals surface area (Å²) in [6.07, 6.45) is 3.73. The van der Waals surface area contributed by atoms with E-state index in [1.807, 2.05) is 48.5 Å². The van der Waals surface area contributed by atoms with Crippen molar-refractivity contribution in [3.8, 4) is 0 Å². The Hall–Kier alpha value is -2.24. The standard InChI is InChI=1S/C27H37N3OS/c1-20-8-6-16-30(19-20)17-7-15-28-26(32)29-24-10-5-9-22(18-24)25(31)21-11-13-23(14-12-21)27(2,3)4/h5,9-14,18,20H,6-8,15-17,19H2,1-4H3,(H2,28,29,32)/t20-/m1/s1. The maximum atomic E-state index is 12.9. The molecular weight excluding hydrogens is 414 g/mol. The molecule has 4 nitrogen and oxygen atoms in total. The van der Waals surface area contributed by atoms with Crippen molar-refractivity contribution in [1.29, 1.82) is 0 Å². The Morgan fingerprint density at radius 3 is 2.56 bits per heavy atom. The maximum Gasteiger partial charge on any atom is 0.193 e. The van der Waals surface area contributed by atoms with Crippen LogP contribution in [0.3, 0.4) is 0 Å². The highest BCUT2D eigenvalue weighted by Gasteiger charge is 2.16. The Morgan fingerprint density at radius 1 is 1.12 bits per heavy atom. The number of benzene rings is 2. The first-order valence-electron chi connectivity index (χ1n) is 11.7. The van der Waals surface area contributed by atoms with Gasteiger partial charge in [-0.2, -0.15) is 0 Å². The summed E-state index contributed by atoms with van der Waals surface area (Å²) in [5.74, 6) is 0.828. The summed E-state index contributed by atoms with van der Waals surface area (Å²) < 4.78 is 0. The predicted molar refractivity (Wildman–Crippen MR) is 139 cm³/mol. The Kier molecular flexibility index (Phi) is 8.44. The summed E-state index contributed by atoms with van der Waals surface area (Å²) >= 11 is 5.46. The summed E-state index contributed by atoms with van der Waals surface area (Å²) in [5, 5.41) is 7.10. The molecule has 0 amide bonds. The van der Waals surface area contributed by atoms with Gasteiger partial charge in [0.2, 0.25) is 0 Å². The Labute approximate surface area is 198 Å². The summed E-state index contributed by atoms with van der Waals surface area (Å²) in [4.78, 5) is 15.5. The quantitative estimate of drug-likeness (QED) is 0.325. The highest BCUT2D eigenvalue weighted by atomic mass is 32.1. The van der Waals surface area contributed by atoms with Crippen molar-refractivity contribution in [3.63, 3.8) is 0 Å². The van der Waals surface area contributed by atoms with Gasteiger partial charge in [0.1, 0.15) is 0 Å². The third kappa shape index (κ3) is 7.14. The number of likely N-dealkylation sites (tertiary alicyclic amines) is 1. The molecule has 0 spiro atoms. The summed E-state index contributed by atoms with van der Waals surface area (Å²) in [6, 6.07) is 15.4. The minimum Gasteiger partial charge on any atom is -0.362 e. The van der Waals surface area contributed by atoms with E-state index < -0.39 is 0 Å². The molecule has 0 radical (unpaired) electrons. The Bertz CT molecular complexity index is 917. The lowest BCUT2D eigenvalue weighted by molar-refractivity contribution is 0.103. The van der Waals surface area contributed by atoms with Crippen LogP contribution in [0.5, 0.6) is 0 Å². The van der Waals surface area contributed by atoms with E-state index in [-0.39, 0.29) is 11.2 Å². The van der Waals surface area contributed by atoms with E-state index in [4.69, 9.17) is 12.2 Å². The number of piperidine rings is 1. The van der Waals surface area contributed by atoms with E-state index in [1.54, 1.807) is 0 Å². The molecule has 1 fully saturated rings. The number of rotatable bonds is 7. The van der Waals surface area contributed by atoms with Gasteiger partial charge in [-0.1, -0.05) is 64.1 Å². The second-order valence-corrected chi connectivity index (χ2v) is 10.4. The van der Waals surface area contributed by atoms with Gasteiger partial charge in [-0.25, -0.2) is 0 Å². The highest BCUT2D eigenvalue weighted by Crippen LogP contribution is 2.23. The minimum atomic E-state index is 0.0174. The van der Waals surface area contributed by atoms with E-state index in [9.17, 15) is 4.79 Å². The average molecular weight is 452 g/mol. The molecule has 1 saturated heterocycles. The summed E-state index contributed by atoms with van der Waals surface area (Å²) in [5.41, 5.74) is 3.46. The van der Waals surface area contributed by atoms with Crippen molar-refractivity contribution in [2.75, 3.05) is 31.5 Å². The molecule has 1 aliphatic rings. The number of carbonyl (C=O) groups is 1. The van der Waals surface area contributed by atoms with Gasteiger partial charge in [0.25, 0.3) is 0 Å². The van der Waals surface area contributed by atoms with Crippen molar-refractivity contribution in [1.82, 2.24) is 10.2 Å². The number of thiocarbonyl (C=S) groups is 1. The number of hydrogen-bond donors (Lipinski definition) is 2. The van der Waals surface area contributed by atoms with Crippen LogP contribution >= 0.6 is 12.2 Å². The van der Waals surface area contributed by atoms with Crippen molar-refractivity contribution in [3.05, 3.63) is 65.2 Å².